The monoisotopic (exact) mass is 224 g/mol. The summed E-state index contributed by atoms with van der Waals surface area (Å²) in [6.45, 7) is 8.11. The van der Waals surface area contributed by atoms with Crippen molar-refractivity contribution in [2.75, 3.05) is 19.8 Å². The molecule has 0 amide bonds. The van der Waals surface area contributed by atoms with E-state index in [0.717, 1.165) is 6.67 Å². The van der Waals surface area contributed by atoms with Gasteiger partial charge in [0.15, 0.2) is 0 Å². The largest absolute Gasteiger partial charge is 0.359 e. The standard InChI is InChI=1S/C14H28N2/c1-3-5-7-8-9-11-16-13-12-15(14-16)10-6-4-2/h12-13H,3-11,14H2,1-2H3. The molecule has 0 spiro atoms. The third kappa shape index (κ3) is 5.43. The third-order valence-corrected chi connectivity index (χ3v) is 3.20. The lowest BCUT2D eigenvalue weighted by Gasteiger charge is -2.21. The minimum Gasteiger partial charge on any atom is -0.359 e. The van der Waals surface area contributed by atoms with E-state index in [1.165, 1.54) is 58.0 Å². The summed E-state index contributed by atoms with van der Waals surface area (Å²) in [5, 5.41) is 0. The Bertz CT molecular complexity index is 189. The molecule has 0 unspecified atom stereocenters. The molecule has 1 heterocycles. The van der Waals surface area contributed by atoms with Crippen molar-refractivity contribution < 1.29 is 0 Å². The molecule has 0 aromatic rings. The first-order valence-corrected chi connectivity index (χ1v) is 7.03. The second-order valence-electron chi connectivity index (χ2n) is 4.83. The van der Waals surface area contributed by atoms with Gasteiger partial charge in [-0.3, -0.25) is 0 Å². The van der Waals surface area contributed by atoms with Gasteiger partial charge in [-0.25, -0.2) is 0 Å². The van der Waals surface area contributed by atoms with Gasteiger partial charge in [0.05, 0.1) is 6.67 Å². The highest BCUT2D eigenvalue weighted by Crippen LogP contribution is 2.10. The van der Waals surface area contributed by atoms with Crippen LogP contribution in [0.1, 0.15) is 58.8 Å². The molecular weight excluding hydrogens is 196 g/mol. The summed E-state index contributed by atoms with van der Waals surface area (Å²) in [6.07, 6.45) is 14.0. The molecule has 0 aromatic heterocycles. The zero-order valence-corrected chi connectivity index (χ0v) is 11.1. The van der Waals surface area contributed by atoms with Gasteiger partial charge in [0.1, 0.15) is 0 Å². The number of hydrogen-bond acceptors (Lipinski definition) is 2. The number of unbranched alkanes of at least 4 members (excludes halogenated alkanes) is 5. The number of rotatable bonds is 9. The van der Waals surface area contributed by atoms with E-state index < -0.39 is 0 Å². The van der Waals surface area contributed by atoms with Gasteiger partial charge < -0.3 is 9.80 Å². The molecule has 2 nitrogen and oxygen atoms in total. The molecule has 16 heavy (non-hydrogen) atoms. The summed E-state index contributed by atoms with van der Waals surface area (Å²) in [6, 6.07) is 0. The van der Waals surface area contributed by atoms with E-state index in [4.69, 9.17) is 0 Å². The summed E-state index contributed by atoms with van der Waals surface area (Å²) in [5.74, 6) is 0. The highest BCUT2D eigenvalue weighted by molar-refractivity contribution is 4.90. The van der Waals surface area contributed by atoms with Crippen LogP contribution in [0.2, 0.25) is 0 Å². The Kier molecular flexibility index (Phi) is 7.11. The summed E-state index contributed by atoms with van der Waals surface area (Å²) in [5.41, 5.74) is 0. The van der Waals surface area contributed by atoms with Crippen molar-refractivity contribution in [2.24, 2.45) is 0 Å². The lowest BCUT2D eigenvalue weighted by atomic mass is 10.1. The van der Waals surface area contributed by atoms with Crippen LogP contribution in [-0.4, -0.2) is 29.6 Å². The Hall–Kier alpha value is -0.660. The van der Waals surface area contributed by atoms with Gasteiger partial charge in [-0.15, -0.1) is 0 Å². The third-order valence-electron chi connectivity index (χ3n) is 3.20. The van der Waals surface area contributed by atoms with Crippen LogP contribution in [0.25, 0.3) is 0 Å². The van der Waals surface area contributed by atoms with Crippen LogP contribution >= 0.6 is 0 Å². The minimum atomic E-state index is 1.12. The molecule has 2 heteroatoms. The average Bonchev–Trinajstić information content (AvgIpc) is 2.74. The maximum absolute atomic E-state index is 2.45. The maximum atomic E-state index is 2.45. The topological polar surface area (TPSA) is 6.48 Å². The SMILES string of the molecule is CCCCCCCN1C=CN(CCCC)C1. The lowest BCUT2D eigenvalue weighted by molar-refractivity contribution is 0.258. The predicted molar refractivity (Wildman–Crippen MR) is 71.1 cm³/mol. The van der Waals surface area contributed by atoms with Crippen LogP contribution in [0.5, 0.6) is 0 Å². The van der Waals surface area contributed by atoms with E-state index in [1.807, 2.05) is 0 Å². The summed E-state index contributed by atoms with van der Waals surface area (Å²) >= 11 is 0. The number of hydrogen-bond donors (Lipinski definition) is 0. The maximum Gasteiger partial charge on any atom is 0.0893 e. The van der Waals surface area contributed by atoms with Gasteiger partial charge >= 0.3 is 0 Å². The molecule has 0 atom stereocenters. The van der Waals surface area contributed by atoms with Gasteiger partial charge in [-0.05, 0) is 12.8 Å². The van der Waals surface area contributed by atoms with Gasteiger partial charge in [-0.1, -0.05) is 46.0 Å². The Labute approximate surface area is 101 Å². The molecule has 0 aromatic carbocycles. The molecule has 0 bridgehead atoms. The average molecular weight is 224 g/mol. The molecule has 0 saturated carbocycles. The van der Waals surface area contributed by atoms with Crippen molar-refractivity contribution in [3.8, 4) is 0 Å². The van der Waals surface area contributed by atoms with E-state index in [1.54, 1.807) is 0 Å². The van der Waals surface area contributed by atoms with E-state index in [-0.39, 0.29) is 0 Å². The zero-order chi connectivity index (χ0) is 11.6. The van der Waals surface area contributed by atoms with Crippen LogP contribution in [0.15, 0.2) is 12.4 Å². The lowest BCUT2D eigenvalue weighted by Crippen LogP contribution is -2.26. The van der Waals surface area contributed by atoms with E-state index in [0.29, 0.717) is 0 Å². The van der Waals surface area contributed by atoms with E-state index >= 15 is 0 Å². The Morgan fingerprint density at radius 2 is 1.31 bits per heavy atom. The summed E-state index contributed by atoms with van der Waals surface area (Å²) < 4.78 is 0. The quantitative estimate of drug-likeness (QED) is 0.550. The first kappa shape index (κ1) is 13.4. The van der Waals surface area contributed by atoms with Crippen molar-refractivity contribution >= 4 is 0 Å². The molecule has 94 valence electrons. The summed E-state index contributed by atoms with van der Waals surface area (Å²) in [4.78, 5) is 4.87. The van der Waals surface area contributed by atoms with Crippen LogP contribution in [0, 0.1) is 0 Å². The van der Waals surface area contributed by atoms with Crippen molar-refractivity contribution in [3.63, 3.8) is 0 Å². The summed E-state index contributed by atoms with van der Waals surface area (Å²) in [7, 11) is 0. The molecule has 1 aliphatic rings. The fourth-order valence-corrected chi connectivity index (χ4v) is 2.09. The molecule has 0 radical (unpaired) electrons. The highest BCUT2D eigenvalue weighted by Gasteiger charge is 2.10. The van der Waals surface area contributed by atoms with Crippen molar-refractivity contribution in [1.82, 2.24) is 9.80 Å². The molecule has 0 saturated heterocycles. The van der Waals surface area contributed by atoms with Crippen LogP contribution < -0.4 is 0 Å². The molecule has 1 rings (SSSR count). The van der Waals surface area contributed by atoms with Crippen molar-refractivity contribution in [3.05, 3.63) is 12.4 Å². The molecular formula is C14H28N2. The minimum absolute atomic E-state index is 1.12. The smallest absolute Gasteiger partial charge is 0.0893 e. The normalized spacial score (nSPS) is 15.1. The zero-order valence-electron chi connectivity index (χ0n) is 11.1. The van der Waals surface area contributed by atoms with E-state index in [9.17, 15) is 0 Å². The van der Waals surface area contributed by atoms with Crippen LogP contribution in [-0.2, 0) is 0 Å². The highest BCUT2D eigenvalue weighted by atomic mass is 15.3. The molecule has 1 aliphatic heterocycles. The van der Waals surface area contributed by atoms with Gasteiger partial charge in [0.2, 0.25) is 0 Å². The predicted octanol–water partition coefficient (Wildman–Crippen LogP) is 3.80. The second kappa shape index (κ2) is 8.49. The van der Waals surface area contributed by atoms with Gasteiger partial charge in [0, 0.05) is 25.5 Å². The van der Waals surface area contributed by atoms with Crippen molar-refractivity contribution in [2.45, 2.75) is 58.8 Å². The molecule has 0 aliphatic carbocycles. The Morgan fingerprint density at radius 3 is 1.94 bits per heavy atom. The van der Waals surface area contributed by atoms with Crippen LogP contribution in [0.4, 0.5) is 0 Å². The first-order valence-electron chi connectivity index (χ1n) is 7.03. The molecule has 0 fully saturated rings. The molecule has 0 N–H and O–H groups in total. The van der Waals surface area contributed by atoms with Gasteiger partial charge in [0.25, 0.3) is 0 Å². The second-order valence-corrected chi connectivity index (χ2v) is 4.83. The Morgan fingerprint density at radius 1 is 0.750 bits per heavy atom. The van der Waals surface area contributed by atoms with Crippen molar-refractivity contribution in [1.29, 1.82) is 0 Å². The van der Waals surface area contributed by atoms with Crippen LogP contribution in [0.3, 0.4) is 0 Å². The number of nitrogens with zero attached hydrogens (tertiary/aromatic N) is 2. The van der Waals surface area contributed by atoms with E-state index in [2.05, 4.69) is 36.0 Å². The fraction of sp³-hybridized carbons (Fsp3) is 0.857. The first-order chi connectivity index (χ1) is 7.86. The van der Waals surface area contributed by atoms with Gasteiger partial charge in [-0.2, -0.15) is 0 Å². The fourth-order valence-electron chi connectivity index (χ4n) is 2.09. The Balaban J connectivity index is 1.97.